The van der Waals surface area contributed by atoms with Crippen LogP contribution in [-0.4, -0.2) is 50.1 Å². The minimum absolute atomic E-state index is 0.0229. The first-order valence-electron chi connectivity index (χ1n) is 6.80. The van der Waals surface area contributed by atoms with Gasteiger partial charge in [0.2, 0.25) is 0 Å². The number of amides is 1. The van der Waals surface area contributed by atoms with Crippen LogP contribution in [0.4, 0.5) is 0 Å². The molecule has 1 N–H and O–H groups in total. The van der Waals surface area contributed by atoms with Crippen LogP contribution in [0.5, 0.6) is 0 Å². The number of carbonyl (C=O) groups is 2. The van der Waals surface area contributed by atoms with E-state index in [2.05, 4.69) is 10.1 Å². The van der Waals surface area contributed by atoms with Crippen molar-refractivity contribution in [1.82, 2.24) is 10.2 Å². The molecule has 5 nitrogen and oxygen atoms in total. The van der Waals surface area contributed by atoms with Crippen LogP contribution >= 0.6 is 0 Å². The predicted molar refractivity (Wildman–Crippen MR) is 75.8 cm³/mol. The van der Waals surface area contributed by atoms with E-state index in [0.29, 0.717) is 17.2 Å². The fourth-order valence-corrected chi connectivity index (χ4v) is 2.45. The van der Waals surface area contributed by atoms with E-state index >= 15 is 0 Å². The smallest absolute Gasteiger partial charge is 0.337 e. The molecule has 1 amide bonds. The first kappa shape index (κ1) is 14.5. The molecule has 1 aliphatic rings. The van der Waals surface area contributed by atoms with E-state index < -0.39 is 5.97 Å². The number of benzene rings is 1. The van der Waals surface area contributed by atoms with Crippen molar-refractivity contribution in [3.8, 4) is 0 Å². The Morgan fingerprint density at radius 1 is 1.25 bits per heavy atom. The molecule has 0 unspecified atom stereocenters. The number of hydrogen-bond donors (Lipinski definition) is 1. The van der Waals surface area contributed by atoms with Gasteiger partial charge in [0.1, 0.15) is 0 Å². The van der Waals surface area contributed by atoms with Crippen LogP contribution < -0.4 is 5.32 Å². The fourth-order valence-electron chi connectivity index (χ4n) is 2.45. The second kappa shape index (κ2) is 6.52. The summed E-state index contributed by atoms with van der Waals surface area (Å²) in [6, 6.07) is 7.17. The maximum atomic E-state index is 12.4. The van der Waals surface area contributed by atoms with Crippen LogP contribution in [0.1, 0.15) is 33.6 Å². The Hall–Kier alpha value is -1.88. The maximum Gasteiger partial charge on any atom is 0.337 e. The number of nitrogens with one attached hydrogen (secondary N) is 1. The number of nitrogens with zero attached hydrogens (tertiary/aromatic N) is 1. The SMILES string of the molecule is CNC1CCN(C(=O)c2cccc(C(=O)OC)c2)CC1. The molecule has 0 radical (unpaired) electrons. The van der Waals surface area contributed by atoms with Gasteiger partial charge in [-0.1, -0.05) is 6.07 Å². The van der Waals surface area contributed by atoms with Gasteiger partial charge in [-0.3, -0.25) is 4.79 Å². The highest BCUT2D eigenvalue weighted by atomic mass is 16.5. The first-order chi connectivity index (χ1) is 9.65. The summed E-state index contributed by atoms with van der Waals surface area (Å²) in [4.78, 5) is 25.7. The number of carbonyl (C=O) groups excluding carboxylic acids is 2. The third-order valence-corrected chi connectivity index (χ3v) is 3.72. The first-order valence-corrected chi connectivity index (χ1v) is 6.80. The van der Waals surface area contributed by atoms with Crippen molar-refractivity contribution in [2.45, 2.75) is 18.9 Å². The lowest BCUT2D eigenvalue weighted by Crippen LogP contribution is -2.43. The minimum Gasteiger partial charge on any atom is -0.465 e. The topological polar surface area (TPSA) is 58.6 Å². The van der Waals surface area contributed by atoms with E-state index in [-0.39, 0.29) is 5.91 Å². The van der Waals surface area contributed by atoms with Crippen molar-refractivity contribution in [2.75, 3.05) is 27.2 Å². The molecule has 1 aliphatic heterocycles. The molecule has 0 aliphatic carbocycles. The summed E-state index contributed by atoms with van der Waals surface area (Å²) < 4.78 is 4.67. The van der Waals surface area contributed by atoms with Gasteiger partial charge in [0.25, 0.3) is 5.91 Å². The van der Waals surface area contributed by atoms with Gasteiger partial charge in [0.15, 0.2) is 0 Å². The lowest BCUT2D eigenvalue weighted by molar-refractivity contribution is 0.0600. The number of methoxy groups -OCH3 is 1. The van der Waals surface area contributed by atoms with Crippen LogP contribution in [-0.2, 0) is 4.74 Å². The molecule has 1 aromatic rings. The van der Waals surface area contributed by atoms with Gasteiger partial charge in [0.05, 0.1) is 12.7 Å². The number of hydrogen-bond acceptors (Lipinski definition) is 4. The highest BCUT2D eigenvalue weighted by molar-refractivity contribution is 5.97. The molecule has 2 rings (SSSR count). The van der Waals surface area contributed by atoms with Crippen molar-refractivity contribution >= 4 is 11.9 Å². The van der Waals surface area contributed by atoms with Gasteiger partial charge in [-0.25, -0.2) is 4.79 Å². The lowest BCUT2D eigenvalue weighted by Gasteiger charge is -2.31. The Bertz CT molecular complexity index is 494. The van der Waals surface area contributed by atoms with Crippen LogP contribution in [0, 0.1) is 0 Å². The standard InChI is InChI=1S/C15H20N2O3/c1-16-13-6-8-17(9-7-13)14(18)11-4-3-5-12(10-11)15(19)20-2/h3-5,10,13,16H,6-9H2,1-2H3. The molecule has 0 aromatic heterocycles. The van der Waals surface area contributed by atoms with Crippen LogP contribution in [0.2, 0.25) is 0 Å². The van der Waals surface area contributed by atoms with Crippen LogP contribution in [0.25, 0.3) is 0 Å². The number of likely N-dealkylation sites (tertiary alicyclic amines) is 1. The summed E-state index contributed by atoms with van der Waals surface area (Å²) in [7, 11) is 3.28. The Kier molecular flexibility index (Phi) is 4.74. The van der Waals surface area contributed by atoms with Crippen LogP contribution in [0.3, 0.4) is 0 Å². The third kappa shape index (κ3) is 3.17. The maximum absolute atomic E-state index is 12.4. The monoisotopic (exact) mass is 276 g/mol. The highest BCUT2D eigenvalue weighted by Gasteiger charge is 2.23. The summed E-state index contributed by atoms with van der Waals surface area (Å²) in [5, 5.41) is 3.24. The van der Waals surface area contributed by atoms with Gasteiger partial charge in [-0.15, -0.1) is 0 Å². The van der Waals surface area contributed by atoms with Crippen molar-refractivity contribution in [1.29, 1.82) is 0 Å². The molecule has 1 saturated heterocycles. The second-order valence-corrected chi connectivity index (χ2v) is 4.93. The molecular formula is C15H20N2O3. The van der Waals surface area contributed by atoms with Crippen LogP contribution in [0.15, 0.2) is 24.3 Å². The molecular weight excluding hydrogens is 256 g/mol. The highest BCUT2D eigenvalue weighted by Crippen LogP contribution is 2.15. The Morgan fingerprint density at radius 3 is 2.50 bits per heavy atom. The molecule has 0 saturated carbocycles. The van der Waals surface area contributed by atoms with E-state index in [4.69, 9.17) is 0 Å². The Balaban J connectivity index is 2.08. The lowest BCUT2D eigenvalue weighted by atomic mass is 10.0. The largest absolute Gasteiger partial charge is 0.465 e. The minimum atomic E-state index is -0.423. The van der Waals surface area contributed by atoms with E-state index in [1.165, 1.54) is 7.11 Å². The normalized spacial score (nSPS) is 16.0. The molecule has 1 fully saturated rings. The molecule has 0 bridgehead atoms. The van der Waals surface area contributed by atoms with Crippen molar-refractivity contribution < 1.29 is 14.3 Å². The number of ether oxygens (including phenoxy) is 1. The molecule has 0 spiro atoms. The predicted octanol–water partition coefficient (Wildman–Crippen LogP) is 1.30. The molecule has 108 valence electrons. The van der Waals surface area contributed by atoms with Crippen molar-refractivity contribution in [2.24, 2.45) is 0 Å². The number of rotatable bonds is 3. The Labute approximate surface area is 118 Å². The van der Waals surface area contributed by atoms with E-state index in [1.54, 1.807) is 24.3 Å². The number of piperidine rings is 1. The zero-order valence-electron chi connectivity index (χ0n) is 11.9. The average molecular weight is 276 g/mol. The van der Waals surface area contributed by atoms with Gasteiger partial charge in [-0.2, -0.15) is 0 Å². The van der Waals surface area contributed by atoms with Crippen molar-refractivity contribution in [3.05, 3.63) is 35.4 Å². The zero-order chi connectivity index (χ0) is 14.5. The summed E-state index contributed by atoms with van der Waals surface area (Å²) >= 11 is 0. The number of esters is 1. The molecule has 20 heavy (non-hydrogen) atoms. The quantitative estimate of drug-likeness (QED) is 0.845. The van der Waals surface area contributed by atoms with Gasteiger partial charge >= 0.3 is 5.97 Å². The summed E-state index contributed by atoms with van der Waals surface area (Å²) in [5.74, 6) is -0.446. The summed E-state index contributed by atoms with van der Waals surface area (Å²) in [6.07, 6.45) is 1.91. The van der Waals surface area contributed by atoms with Gasteiger partial charge < -0.3 is 15.0 Å². The van der Waals surface area contributed by atoms with E-state index in [9.17, 15) is 9.59 Å². The molecule has 1 aromatic carbocycles. The van der Waals surface area contributed by atoms with Gasteiger partial charge in [0, 0.05) is 24.7 Å². The summed E-state index contributed by atoms with van der Waals surface area (Å²) in [6.45, 7) is 1.49. The molecule has 1 heterocycles. The third-order valence-electron chi connectivity index (χ3n) is 3.72. The average Bonchev–Trinajstić information content (AvgIpc) is 2.53. The fraction of sp³-hybridized carbons (Fsp3) is 0.467. The van der Waals surface area contributed by atoms with E-state index in [1.807, 2.05) is 11.9 Å². The second-order valence-electron chi connectivity index (χ2n) is 4.93. The van der Waals surface area contributed by atoms with Gasteiger partial charge in [-0.05, 0) is 38.1 Å². The molecule has 0 atom stereocenters. The van der Waals surface area contributed by atoms with Crippen molar-refractivity contribution in [3.63, 3.8) is 0 Å². The van der Waals surface area contributed by atoms with E-state index in [0.717, 1.165) is 25.9 Å². The Morgan fingerprint density at radius 2 is 1.90 bits per heavy atom. The molecule has 5 heteroatoms. The summed E-state index contributed by atoms with van der Waals surface area (Å²) in [5.41, 5.74) is 0.944. The zero-order valence-corrected chi connectivity index (χ0v) is 11.9.